The summed E-state index contributed by atoms with van der Waals surface area (Å²) in [6, 6.07) is 4.05. The molecular weight excluding hydrogens is 307 g/mol. The lowest BCUT2D eigenvalue weighted by Crippen LogP contribution is -2.27. The average Bonchev–Trinajstić information content (AvgIpc) is 2.98. The van der Waals surface area contributed by atoms with E-state index in [0.717, 1.165) is 36.7 Å². The lowest BCUT2D eigenvalue weighted by atomic mass is 10.2. The molecule has 0 bridgehead atoms. The maximum Gasteiger partial charge on any atom is 0.136 e. The quantitative estimate of drug-likeness (QED) is 0.626. The smallest absolute Gasteiger partial charge is 0.136 e. The minimum absolute atomic E-state index is 0.308. The van der Waals surface area contributed by atoms with Crippen molar-refractivity contribution in [3.05, 3.63) is 42.6 Å². The van der Waals surface area contributed by atoms with Crippen LogP contribution in [0.2, 0.25) is 0 Å². The Balaban J connectivity index is 1.59. The van der Waals surface area contributed by atoms with Crippen LogP contribution in [0, 0.1) is 0 Å². The first kappa shape index (κ1) is 16.3. The molecule has 1 aliphatic rings. The van der Waals surface area contributed by atoms with Gasteiger partial charge in [-0.1, -0.05) is 6.08 Å². The van der Waals surface area contributed by atoms with Gasteiger partial charge in [0.1, 0.15) is 5.82 Å². The first-order valence-electron chi connectivity index (χ1n) is 8.02. The Bertz CT molecular complexity index is 654. The monoisotopic (exact) mass is 330 g/mol. The van der Waals surface area contributed by atoms with E-state index in [-0.39, 0.29) is 0 Å². The Hall–Kier alpha value is -1.55. The van der Waals surface area contributed by atoms with Crippen LogP contribution in [0.25, 0.3) is 17.3 Å². The summed E-state index contributed by atoms with van der Waals surface area (Å²) in [7, 11) is 0.615. The van der Waals surface area contributed by atoms with Crippen molar-refractivity contribution < 1.29 is 4.74 Å². The predicted molar refractivity (Wildman–Crippen MR) is 95.7 cm³/mol. The Morgan fingerprint density at radius 1 is 1.35 bits per heavy atom. The van der Waals surface area contributed by atoms with E-state index in [2.05, 4.69) is 45.6 Å². The lowest BCUT2D eigenvalue weighted by Gasteiger charge is -2.22. The third kappa shape index (κ3) is 4.25. The van der Waals surface area contributed by atoms with Gasteiger partial charge < -0.3 is 14.4 Å². The maximum atomic E-state index is 5.58. The number of hydrogen-bond acceptors (Lipinski definition) is 4. The SMILES string of the molecule is CC(C)OCCCNC1C=Cc2ncc(-c3ccncc3)n2P1. The van der Waals surface area contributed by atoms with Gasteiger partial charge in [-0.05, 0) is 45.0 Å². The summed E-state index contributed by atoms with van der Waals surface area (Å²) in [6.45, 7) is 5.91. The number of ether oxygens (including phenoxy) is 1. The fraction of sp³-hybridized carbons (Fsp3) is 0.412. The third-order valence-electron chi connectivity index (χ3n) is 3.61. The van der Waals surface area contributed by atoms with E-state index < -0.39 is 0 Å². The molecule has 0 aromatic carbocycles. The summed E-state index contributed by atoms with van der Waals surface area (Å²) in [5, 5.41) is 3.59. The zero-order valence-corrected chi connectivity index (χ0v) is 14.6. The van der Waals surface area contributed by atoms with Gasteiger partial charge in [-0.15, -0.1) is 0 Å². The zero-order valence-electron chi connectivity index (χ0n) is 13.6. The molecule has 0 saturated carbocycles. The first-order valence-corrected chi connectivity index (χ1v) is 9.04. The molecule has 0 spiro atoms. The summed E-state index contributed by atoms with van der Waals surface area (Å²) in [5.74, 6) is 1.38. The fourth-order valence-electron chi connectivity index (χ4n) is 2.47. The molecule has 2 atom stereocenters. The number of hydrogen-bond donors (Lipinski definition) is 1. The van der Waals surface area contributed by atoms with Crippen LogP contribution in [0.4, 0.5) is 0 Å². The molecule has 5 nitrogen and oxygen atoms in total. The molecule has 0 amide bonds. The second kappa shape index (κ2) is 7.82. The van der Waals surface area contributed by atoms with Crippen molar-refractivity contribution in [2.75, 3.05) is 13.2 Å². The molecule has 0 radical (unpaired) electrons. The molecule has 2 aromatic rings. The highest BCUT2D eigenvalue weighted by atomic mass is 31.1. The Labute approximate surface area is 139 Å². The van der Waals surface area contributed by atoms with Crippen LogP contribution in [-0.4, -0.2) is 39.3 Å². The molecular formula is C17H23N4OP. The number of rotatable bonds is 7. The van der Waals surface area contributed by atoms with Crippen molar-refractivity contribution in [3.63, 3.8) is 0 Å². The summed E-state index contributed by atoms with van der Waals surface area (Å²) < 4.78 is 7.86. The fourth-order valence-corrected chi connectivity index (χ4v) is 3.76. The Morgan fingerprint density at radius 3 is 2.96 bits per heavy atom. The van der Waals surface area contributed by atoms with Crippen LogP contribution in [0.3, 0.4) is 0 Å². The van der Waals surface area contributed by atoms with Gasteiger partial charge >= 0.3 is 0 Å². The van der Waals surface area contributed by atoms with Gasteiger partial charge in [-0.25, -0.2) is 4.98 Å². The van der Waals surface area contributed by atoms with Crippen LogP contribution < -0.4 is 5.32 Å². The highest BCUT2D eigenvalue weighted by Crippen LogP contribution is 2.35. The van der Waals surface area contributed by atoms with E-state index in [1.165, 1.54) is 0 Å². The molecule has 0 aliphatic carbocycles. The minimum atomic E-state index is 0.308. The molecule has 122 valence electrons. The zero-order chi connectivity index (χ0) is 16.1. The van der Waals surface area contributed by atoms with E-state index in [1.807, 2.05) is 30.7 Å². The topological polar surface area (TPSA) is 52.0 Å². The van der Waals surface area contributed by atoms with Crippen LogP contribution in [0.1, 0.15) is 26.1 Å². The summed E-state index contributed by atoms with van der Waals surface area (Å²) >= 11 is 0. The molecule has 2 aromatic heterocycles. The van der Waals surface area contributed by atoms with E-state index >= 15 is 0 Å². The molecule has 6 heteroatoms. The van der Waals surface area contributed by atoms with Gasteiger partial charge in [0.2, 0.25) is 0 Å². The lowest BCUT2D eigenvalue weighted by molar-refractivity contribution is 0.0771. The van der Waals surface area contributed by atoms with Gasteiger partial charge in [-0.2, -0.15) is 0 Å². The Kier molecular flexibility index (Phi) is 5.55. The molecule has 0 fully saturated rings. The van der Waals surface area contributed by atoms with E-state index in [4.69, 9.17) is 4.74 Å². The molecule has 2 unspecified atom stereocenters. The highest BCUT2D eigenvalue weighted by molar-refractivity contribution is 7.37. The average molecular weight is 330 g/mol. The standard InChI is InChI=1S/C17H23N4OP/c1-13(2)22-11-3-8-19-17-5-4-16-20-12-15(21(16)23-17)14-6-9-18-10-7-14/h4-7,9-10,12-13,17,19,23H,3,8,11H2,1-2H3. The minimum Gasteiger partial charge on any atom is -0.379 e. The molecule has 3 heterocycles. The van der Waals surface area contributed by atoms with Gasteiger partial charge in [0.05, 0.1) is 23.8 Å². The number of fused-ring (bicyclic) bond motifs is 1. The molecule has 0 saturated heterocycles. The Morgan fingerprint density at radius 2 is 2.17 bits per heavy atom. The predicted octanol–water partition coefficient (Wildman–Crippen LogP) is 3.14. The van der Waals surface area contributed by atoms with Crippen molar-refractivity contribution in [1.29, 1.82) is 0 Å². The molecule has 1 aliphatic heterocycles. The van der Waals surface area contributed by atoms with Gasteiger partial charge in [-0.3, -0.25) is 4.98 Å². The van der Waals surface area contributed by atoms with Crippen molar-refractivity contribution in [3.8, 4) is 11.3 Å². The third-order valence-corrected chi connectivity index (χ3v) is 5.01. The number of pyridine rings is 1. The van der Waals surface area contributed by atoms with Gasteiger partial charge in [0.15, 0.2) is 0 Å². The highest BCUT2D eigenvalue weighted by Gasteiger charge is 2.17. The summed E-state index contributed by atoms with van der Waals surface area (Å²) in [5.41, 5.74) is 2.31. The number of imidazole rings is 1. The number of aromatic nitrogens is 3. The van der Waals surface area contributed by atoms with Crippen molar-refractivity contribution in [1.82, 2.24) is 19.6 Å². The van der Waals surface area contributed by atoms with Crippen LogP contribution in [0.15, 0.2) is 36.8 Å². The number of nitrogens with zero attached hydrogens (tertiary/aromatic N) is 3. The maximum absolute atomic E-state index is 5.58. The van der Waals surface area contributed by atoms with Crippen LogP contribution in [0.5, 0.6) is 0 Å². The van der Waals surface area contributed by atoms with Gasteiger partial charge in [0.25, 0.3) is 0 Å². The van der Waals surface area contributed by atoms with Crippen molar-refractivity contribution in [2.45, 2.75) is 32.2 Å². The second-order valence-electron chi connectivity index (χ2n) is 5.77. The van der Waals surface area contributed by atoms with Gasteiger partial charge in [0, 0.05) is 33.3 Å². The van der Waals surface area contributed by atoms with Crippen LogP contribution >= 0.6 is 8.73 Å². The summed E-state index contributed by atoms with van der Waals surface area (Å²) in [4.78, 5) is 8.60. The first-order chi connectivity index (χ1) is 11.2. The van der Waals surface area contributed by atoms with E-state index in [0.29, 0.717) is 20.6 Å². The number of nitrogens with one attached hydrogen (secondary N) is 1. The molecule has 1 N–H and O–H groups in total. The normalized spacial score (nSPS) is 17.8. The molecule has 3 rings (SSSR count). The second-order valence-corrected chi connectivity index (χ2v) is 7.09. The largest absolute Gasteiger partial charge is 0.379 e. The van der Waals surface area contributed by atoms with Crippen molar-refractivity contribution in [2.24, 2.45) is 0 Å². The van der Waals surface area contributed by atoms with E-state index in [1.54, 1.807) is 0 Å². The van der Waals surface area contributed by atoms with Crippen LogP contribution in [-0.2, 0) is 4.74 Å². The molecule has 23 heavy (non-hydrogen) atoms. The summed E-state index contributed by atoms with van der Waals surface area (Å²) in [6.07, 6.45) is 11.2. The van der Waals surface area contributed by atoms with E-state index in [9.17, 15) is 0 Å². The van der Waals surface area contributed by atoms with Crippen molar-refractivity contribution >= 4 is 14.8 Å².